The molecule has 0 spiro atoms. The van der Waals surface area contributed by atoms with Crippen LogP contribution in [0, 0.1) is 0 Å². The van der Waals surface area contributed by atoms with E-state index in [0.29, 0.717) is 23.4 Å². The monoisotopic (exact) mass is 236 g/mol. The second-order valence-corrected chi connectivity index (χ2v) is 3.52. The summed E-state index contributed by atoms with van der Waals surface area (Å²) in [6.45, 7) is 2.00. The van der Waals surface area contributed by atoms with E-state index in [2.05, 4.69) is 4.98 Å². The van der Waals surface area contributed by atoms with Crippen LogP contribution in [0.2, 0.25) is 0 Å². The number of fused-ring (bicyclic) bond motifs is 1. The van der Waals surface area contributed by atoms with Gasteiger partial charge in [-0.05, 0) is 19.1 Å². The van der Waals surface area contributed by atoms with Gasteiger partial charge in [0.1, 0.15) is 12.3 Å². The van der Waals surface area contributed by atoms with E-state index in [4.69, 9.17) is 9.84 Å². The number of aromatic nitrogens is 2. The number of ether oxygens (including phenoxy) is 1. The number of imidazole rings is 1. The van der Waals surface area contributed by atoms with Crippen molar-refractivity contribution in [2.24, 2.45) is 0 Å². The van der Waals surface area contributed by atoms with Crippen LogP contribution in [0.5, 0.6) is 5.75 Å². The Morgan fingerprint density at radius 1 is 1.53 bits per heavy atom. The molecule has 6 heteroatoms. The minimum Gasteiger partial charge on any atom is -0.494 e. The summed E-state index contributed by atoms with van der Waals surface area (Å²) in [5.41, 5.74) is 0.694. The van der Waals surface area contributed by atoms with Gasteiger partial charge in [-0.2, -0.15) is 0 Å². The van der Waals surface area contributed by atoms with Crippen LogP contribution in [-0.2, 0) is 11.3 Å². The number of aliphatic carboxylic acids is 1. The van der Waals surface area contributed by atoms with Gasteiger partial charge < -0.3 is 14.8 Å². The van der Waals surface area contributed by atoms with Gasteiger partial charge in [-0.15, -0.1) is 0 Å². The van der Waals surface area contributed by atoms with E-state index in [0.717, 1.165) is 0 Å². The van der Waals surface area contributed by atoms with Crippen LogP contribution < -0.4 is 10.4 Å². The summed E-state index contributed by atoms with van der Waals surface area (Å²) in [7, 11) is 0. The molecule has 0 aliphatic rings. The fraction of sp³-hybridized carbons (Fsp3) is 0.273. The maximum absolute atomic E-state index is 11.5. The Kier molecular flexibility index (Phi) is 2.86. The van der Waals surface area contributed by atoms with Gasteiger partial charge in [-0.25, -0.2) is 4.79 Å². The van der Waals surface area contributed by atoms with Crippen LogP contribution in [0.3, 0.4) is 0 Å². The van der Waals surface area contributed by atoms with E-state index in [9.17, 15) is 9.59 Å². The van der Waals surface area contributed by atoms with Gasteiger partial charge in [0.15, 0.2) is 0 Å². The number of benzene rings is 1. The van der Waals surface area contributed by atoms with Gasteiger partial charge in [0, 0.05) is 6.07 Å². The molecule has 0 unspecified atom stereocenters. The van der Waals surface area contributed by atoms with E-state index in [1.54, 1.807) is 18.2 Å². The largest absolute Gasteiger partial charge is 0.494 e. The third-order valence-corrected chi connectivity index (χ3v) is 2.35. The molecule has 0 aliphatic carbocycles. The summed E-state index contributed by atoms with van der Waals surface area (Å²) in [6, 6.07) is 5.08. The molecule has 2 rings (SSSR count). The number of rotatable bonds is 4. The predicted molar refractivity (Wildman–Crippen MR) is 61.4 cm³/mol. The summed E-state index contributed by atoms with van der Waals surface area (Å²) >= 11 is 0. The van der Waals surface area contributed by atoms with Crippen LogP contribution >= 0.6 is 0 Å². The molecule has 90 valence electrons. The molecule has 2 aromatic rings. The quantitative estimate of drug-likeness (QED) is 0.822. The first-order valence-corrected chi connectivity index (χ1v) is 5.19. The van der Waals surface area contributed by atoms with E-state index >= 15 is 0 Å². The Labute approximate surface area is 96.4 Å². The SMILES string of the molecule is CCOc1ccc2[nH]c(=O)n(CC(=O)O)c2c1. The molecule has 0 saturated carbocycles. The Hall–Kier alpha value is -2.24. The highest BCUT2D eigenvalue weighted by molar-refractivity contribution is 5.79. The number of H-pyrrole nitrogens is 1. The number of carbonyl (C=O) groups is 1. The lowest BCUT2D eigenvalue weighted by Crippen LogP contribution is -2.21. The van der Waals surface area contributed by atoms with Crippen molar-refractivity contribution in [3.05, 3.63) is 28.7 Å². The van der Waals surface area contributed by atoms with Crippen molar-refractivity contribution < 1.29 is 14.6 Å². The third kappa shape index (κ3) is 2.15. The fourth-order valence-electron chi connectivity index (χ4n) is 1.68. The summed E-state index contributed by atoms with van der Waals surface area (Å²) in [5, 5.41) is 8.74. The highest BCUT2D eigenvalue weighted by atomic mass is 16.5. The average Bonchev–Trinajstić information content (AvgIpc) is 2.56. The molecule has 0 aliphatic heterocycles. The molecule has 0 bridgehead atoms. The lowest BCUT2D eigenvalue weighted by molar-refractivity contribution is -0.137. The second-order valence-electron chi connectivity index (χ2n) is 3.52. The molecule has 2 N–H and O–H groups in total. The molecular formula is C11H12N2O4. The molecule has 6 nitrogen and oxygen atoms in total. The number of aromatic amines is 1. The van der Waals surface area contributed by atoms with Crippen molar-refractivity contribution in [1.29, 1.82) is 0 Å². The zero-order chi connectivity index (χ0) is 12.4. The van der Waals surface area contributed by atoms with Crippen LogP contribution in [0.1, 0.15) is 6.92 Å². The summed E-state index contributed by atoms with van der Waals surface area (Å²) in [5.74, 6) is -0.451. The van der Waals surface area contributed by atoms with E-state index in [1.807, 2.05) is 6.92 Å². The highest BCUT2D eigenvalue weighted by Gasteiger charge is 2.10. The Morgan fingerprint density at radius 2 is 2.29 bits per heavy atom. The second kappa shape index (κ2) is 4.32. The van der Waals surface area contributed by atoms with Crippen LogP contribution in [-0.4, -0.2) is 27.2 Å². The molecule has 0 radical (unpaired) electrons. The van der Waals surface area contributed by atoms with Crippen molar-refractivity contribution in [1.82, 2.24) is 9.55 Å². The maximum atomic E-state index is 11.5. The molecule has 0 saturated heterocycles. The summed E-state index contributed by atoms with van der Waals surface area (Å²) in [4.78, 5) is 24.8. The van der Waals surface area contributed by atoms with Crippen LogP contribution in [0.25, 0.3) is 11.0 Å². The molecule has 0 fully saturated rings. The van der Waals surface area contributed by atoms with E-state index in [-0.39, 0.29) is 6.54 Å². The Bertz CT molecular complexity index is 611. The van der Waals surface area contributed by atoms with E-state index in [1.165, 1.54) is 4.57 Å². The van der Waals surface area contributed by atoms with Crippen LogP contribution in [0.4, 0.5) is 0 Å². The fourth-order valence-corrected chi connectivity index (χ4v) is 1.68. The summed E-state index contributed by atoms with van der Waals surface area (Å²) < 4.78 is 6.47. The Morgan fingerprint density at radius 3 is 2.94 bits per heavy atom. The van der Waals surface area contributed by atoms with Gasteiger partial charge in [0.05, 0.1) is 17.6 Å². The van der Waals surface area contributed by atoms with Crippen molar-refractivity contribution >= 4 is 17.0 Å². The smallest absolute Gasteiger partial charge is 0.327 e. The minimum absolute atomic E-state index is 0.367. The molecule has 1 heterocycles. The number of nitrogens with one attached hydrogen (secondary N) is 1. The zero-order valence-electron chi connectivity index (χ0n) is 9.27. The predicted octanol–water partition coefficient (Wildman–Crippen LogP) is 0.813. The topological polar surface area (TPSA) is 84.3 Å². The van der Waals surface area contributed by atoms with Gasteiger partial charge >= 0.3 is 11.7 Å². The van der Waals surface area contributed by atoms with Gasteiger partial charge in [-0.3, -0.25) is 9.36 Å². The maximum Gasteiger partial charge on any atom is 0.327 e. The van der Waals surface area contributed by atoms with Crippen LogP contribution in [0.15, 0.2) is 23.0 Å². The molecule has 1 aromatic carbocycles. The van der Waals surface area contributed by atoms with Gasteiger partial charge in [-0.1, -0.05) is 0 Å². The number of nitrogens with zero attached hydrogens (tertiary/aromatic N) is 1. The van der Waals surface area contributed by atoms with Gasteiger partial charge in [0.2, 0.25) is 0 Å². The molecule has 17 heavy (non-hydrogen) atoms. The minimum atomic E-state index is -1.06. The molecule has 0 amide bonds. The first-order valence-electron chi connectivity index (χ1n) is 5.19. The summed E-state index contributed by atoms with van der Waals surface area (Å²) in [6.07, 6.45) is 0. The lowest BCUT2D eigenvalue weighted by atomic mass is 10.3. The number of carboxylic acids is 1. The van der Waals surface area contributed by atoms with Crippen molar-refractivity contribution in [2.45, 2.75) is 13.5 Å². The van der Waals surface area contributed by atoms with E-state index < -0.39 is 11.7 Å². The standard InChI is InChI=1S/C11H12N2O4/c1-2-17-7-3-4-8-9(5-7)13(6-10(14)15)11(16)12-8/h3-5H,2,6H2,1H3,(H,12,16)(H,14,15). The number of carboxylic acid groups (broad SMARTS) is 1. The first kappa shape index (κ1) is 11.3. The molecule has 0 atom stereocenters. The van der Waals surface area contributed by atoms with Crippen molar-refractivity contribution in [3.8, 4) is 5.75 Å². The highest BCUT2D eigenvalue weighted by Crippen LogP contribution is 2.18. The third-order valence-electron chi connectivity index (χ3n) is 2.35. The van der Waals surface area contributed by atoms with Crippen molar-refractivity contribution in [3.63, 3.8) is 0 Å². The first-order chi connectivity index (χ1) is 8.11. The Balaban J connectivity index is 2.56. The average molecular weight is 236 g/mol. The van der Waals surface area contributed by atoms with Crippen molar-refractivity contribution in [2.75, 3.05) is 6.61 Å². The lowest BCUT2D eigenvalue weighted by Gasteiger charge is -2.03. The van der Waals surface area contributed by atoms with Gasteiger partial charge in [0.25, 0.3) is 0 Å². The normalized spacial score (nSPS) is 10.6. The number of hydrogen-bond donors (Lipinski definition) is 2. The molecular weight excluding hydrogens is 224 g/mol. The molecule has 1 aromatic heterocycles. The zero-order valence-corrected chi connectivity index (χ0v) is 9.27. The number of hydrogen-bond acceptors (Lipinski definition) is 3.